The maximum absolute atomic E-state index is 12.6. The Morgan fingerprint density at radius 1 is 1.39 bits per heavy atom. The Bertz CT molecular complexity index is 750. The molecule has 0 bridgehead atoms. The highest BCUT2D eigenvalue weighted by molar-refractivity contribution is 5.90. The van der Waals surface area contributed by atoms with Gasteiger partial charge in [-0.2, -0.15) is 0 Å². The lowest BCUT2D eigenvalue weighted by molar-refractivity contribution is -0.148. The summed E-state index contributed by atoms with van der Waals surface area (Å²) in [4.78, 5) is 28.8. The number of piperidine rings is 1. The minimum atomic E-state index is -0.753. The largest absolute Gasteiger partial charge is 0.481 e. The number of para-hydroxylation sites is 1. The van der Waals surface area contributed by atoms with Crippen molar-refractivity contribution in [2.45, 2.75) is 26.7 Å². The van der Waals surface area contributed by atoms with E-state index in [1.165, 1.54) is 0 Å². The lowest BCUT2D eigenvalue weighted by atomic mass is 9.87. The number of nitrogens with one attached hydrogen (secondary N) is 1. The van der Waals surface area contributed by atoms with Crippen molar-refractivity contribution >= 4 is 22.8 Å². The topological polar surface area (TPSA) is 73.4 Å². The zero-order valence-electron chi connectivity index (χ0n) is 13.5. The molecule has 2 heterocycles. The first-order valence-electron chi connectivity index (χ1n) is 8.03. The molecule has 1 aliphatic rings. The molecule has 1 amide bonds. The van der Waals surface area contributed by atoms with Crippen molar-refractivity contribution in [1.82, 2.24) is 9.88 Å². The fourth-order valence-electron chi connectivity index (χ4n) is 3.52. The van der Waals surface area contributed by atoms with Crippen LogP contribution in [-0.4, -0.2) is 40.0 Å². The monoisotopic (exact) mass is 314 g/mol. The van der Waals surface area contributed by atoms with Crippen LogP contribution in [0.4, 0.5) is 0 Å². The number of aromatic amines is 1. The second-order valence-corrected chi connectivity index (χ2v) is 6.54. The number of aryl methyl sites for hydroxylation is 1. The van der Waals surface area contributed by atoms with E-state index in [0.717, 1.165) is 22.0 Å². The second-order valence-electron chi connectivity index (χ2n) is 6.54. The first-order valence-corrected chi connectivity index (χ1v) is 8.03. The van der Waals surface area contributed by atoms with E-state index in [-0.39, 0.29) is 17.7 Å². The third-order valence-electron chi connectivity index (χ3n) is 4.93. The Balaban J connectivity index is 1.72. The Hall–Kier alpha value is -2.30. The maximum Gasteiger partial charge on any atom is 0.306 e. The molecule has 1 aliphatic heterocycles. The van der Waals surface area contributed by atoms with Gasteiger partial charge in [-0.3, -0.25) is 9.59 Å². The number of carbonyl (C=O) groups excluding carboxylic acids is 1. The SMILES string of the molecule is Cc1cccc2c(CC(=O)N3CCC(C(=O)O)C(C)C3)c[nH]c12. The number of likely N-dealkylation sites (tertiary alicyclic amines) is 1. The molecule has 1 fully saturated rings. The van der Waals surface area contributed by atoms with Gasteiger partial charge >= 0.3 is 5.97 Å². The number of carbonyl (C=O) groups is 2. The molecule has 1 aromatic heterocycles. The Morgan fingerprint density at radius 2 is 2.17 bits per heavy atom. The minimum absolute atomic E-state index is 0.00425. The number of hydrogen-bond acceptors (Lipinski definition) is 2. The van der Waals surface area contributed by atoms with Crippen molar-refractivity contribution in [2.24, 2.45) is 11.8 Å². The van der Waals surface area contributed by atoms with Gasteiger partial charge in [0.1, 0.15) is 0 Å². The Kier molecular flexibility index (Phi) is 4.11. The number of nitrogens with zero attached hydrogens (tertiary/aromatic N) is 1. The molecule has 122 valence electrons. The molecule has 23 heavy (non-hydrogen) atoms. The van der Waals surface area contributed by atoms with Gasteiger partial charge in [-0.05, 0) is 30.4 Å². The van der Waals surface area contributed by atoms with Crippen molar-refractivity contribution in [3.05, 3.63) is 35.5 Å². The normalized spacial score (nSPS) is 21.6. The number of fused-ring (bicyclic) bond motifs is 1. The summed E-state index contributed by atoms with van der Waals surface area (Å²) in [6.45, 7) is 5.01. The van der Waals surface area contributed by atoms with Gasteiger partial charge in [0.2, 0.25) is 5.91 Å². The molecule has 0 radical (unpaired) electrons. The smallest absolute Gasteiger partial charge is 0.306 e. The summed E-state index contributed by atoms with van der Waals surface area (Å²) in [5, 5.41) is 10.3. The van der Waals surface area contributed by atoms with Crippen LogP contribution in [0.1, 0.15) is 24.5 Å². The van der Waals surface area contributed by atoms with Crippen molar-refractivity contribution in [3.8, 4) is 0 Å². The molecule has 5 heteroatoms. The highest BCUT2D eigenvalue weighted by atomic mass is 16.4. The highest BCUT2D eigenvalue weighted by Crippen LogP contribution is 2.26. The van der Waals surface area contributed by atoms with E-state index in [9.17, 15) is 14.7 Å². The van der Waals surface area contributed by atoms with Gasteiger partial charge in [-0.15, -0.1) is 0 Å². The minimum Gasteiger partial charge on any atom is -0.481 e. The predicted octanol–water partition coefficient (Wildman–Crippen LogP) is 2.59. The van der Waals surface area contributed by atoms with Crippen LogP contribution in [0.2, 0.25) is 0 Å². The molecular formula is C18H22N2O3. The van der Waals surface area contributed by atoms with Crippen LogP contribution in [0.25, 0.3) is 10.9 Å². The van der Waals surface area contributed by atoms with Crippen molar-refractivity contribution in [2.75, 3.05) is 13.1 Å². The molecule has 0 saturated carbocycles. The average molecular weight is 314 g/mol. The van der Waals surface area contributed by atoms with Crippen LogP contribution >= 0.6 is 0 Å². The molecule has 1 saturated heterocycles. The van der Waals surface area contributed by atoms with E-state index in [0.29, 0.717) is 25.9 Å². The van der Waals surface area contributed by atoms with Crippen LogP contribution in [-0.2, 0) is 16.0 Å². The number of hydrogen-bond donors (Lipinski definition) is 2. The fourth-order valence-corrected chi connectivity index (χ4v) is 3.52. The molecule has 0 aliphatic carbocycles. The van der Waals surface area contributed by atoms with Crippen molar-refractivity contribution in [3.63, 3.8) is 0 Å². The Morgan fingerprint density at radius 3 is 2.87 bits per heavy atom. The van der Waals surface area contributed by atoms with E-state index in [4.69, 9.17) is 0 Å². The molecule has 2 aromatic rings. The van der Waals surface area contributed by atoms with E-state index >= 15 is 0 Å². The average Bonchev–Trinajstić information content (AvgIpc) is 2.91. The van der Waals surface area contributed by atoms with E-state index in [1.807, 2.05) is 38.2 Å². The van der Waals surface area contributed by atoms with Crippen molar-refractivity contribution < 1.29 is 14.7 Å². The summed E-state index contributed by atoms with van der Waals surface area (Å²) in [5.74, 6) is -1.02. The van der Waals surface area contributed by atoms with Crippen LogP contribution in [0.15, 0.2) is 24.4 Å². The first kappa shape index (κ1) is 15.6. The lowest BCUT2D eigenvalue weighted by Crippen LogP contribution is -2.45. The zero-order valence-corrected chi connectivity index (χ0v) is 13.5. The number of carboxylic acids is 1. The van der Waals surface area contributed by atoms with Gasteiger partial charge in [-0.25, -0.2) is 0 Å². The van der Waals surface area contributed by atoms with Gasteiger partial charge in [0, 0.05) is 30.2 Å². The highest BCUT2D eigenvalue weighted by Gasteiger charge is 2.33. The number of rotatable bonds is 3. The molecule has 2 atom stereocenters. The van der Waals surface area contributed by atoms with Crippen LogP contribution in [0.3, 0.4) is 0 Å². The number of H-pyrrole nitrogens is 1. The quantitative estimate of drug-likeness (QED) is 0.914. The summed E-state index contributed by atoms with van der Waals surface area (Å²) in [7, 11) is 0. The van der Waals surface area contributed by atoms with Crippen LogP contribution in [0, 0.1) is 18.8 Å². The molecule has 0 spiro atoms. The third kappa shape index (κ3) is 2.96. The van der Waals surface area contributed by atoms with Gasteiger partial charge in [0.05, 0.1) is 12.3 Å². The number of benzene rings is 1. The number of amides is 1. The molecule has 1 aromatic carbocycles. The molecular weight excluding hydrogens is 292 g/mol. The van der Waals surface area contributed by atoms with E-state index < -0.39 is 5.97 Å². The number of carboxylic acid groups (broad SMARTS) is 1. The standard InChI is InChI=1S/C18H22N2O3/c1-11-4-3-5-15-13(9-19-17(11)15)8-16(21)20-7-6-14(18(22)23)12(2)10-20/h3-5,9,12,14,19H,6-8,10H2,1-2H3,(H,22,23). The summed E-state index contributed by atoms with van der Waals surface area (Å²) < 4.78 is 0. The van der Waals surface area contributed by atoms with Gasteiger partial charge in [0.25, 0.3) is 0 Å². The first-order chi connectivity index (χ1) is 11.0. The van der Waals surface area contributed by atoms with Crippen molar-refractivity contribution in [1.29, 1.82) is 0 Å². The van der Waals surface area contributed by atoms with Gasteiger partial charge in [-0.1, -0.05) is 25.1 Å². The third-order valence-corrected chi connectivity index (χ3v) is 4.93. The van der Waals surface area contributed by atoms with E-state index in [1.54, 1.807) is 4.90 Å². The summed E-state index contributed by atoms with van der Waals surface area (Å²) in [6.07, 6.45) is 2.80. The lowest BCUT2D eigenvalue weighted by Gasteiger charge is -2.35. The molecule has 3 rings (SSSR count). The van der Waals surface area contributed by atoms with Crippen LogP contribution < -0.4 is 0 Å². The number of aliphatic carboxylic acids is 1. The Labute approximate surface area is 135 Å². The van der Waals surface area contributed by atoms with E-state index in [2.05, 4.69) is 4.98 Å². The fraction of sp³-hybridized carbons (Fsp3) is 0.444. The summed E-state index contributed by atoms with van der Waals surface area (Å²) >= 11 is 0. The van der Waals surface area contributed by atoms with Gasteiger partial charge in [0.15, 0.2) is 0 Å². The second kappa shape index (κ2) is 6.07. The molecule has 5 nitrogen and oxygen atoms in total. The maximum atomic E-state index is 12.6. The molecule has 2 unspecified atom stereocenters. The van der Waals surface area contributed by atoms with Gasteiger partial charge < -0.3 is 15.0 Å². The van der Waals surface area contributed by atoms with Crippen LogP contribution in [0.5, 0.6) is 0 Å². The number of aromatic nitrogens is 1. The zero-order chi connectivity index (χ0) is 16.6. The summed E-state index contributed by atoms with van der Waals surface area (Å²) in [5.41, 5.74) is 3.24. The predicted molar refractivity (Wildman–Crippen MR) is 88.2 cm³/mol. The molecule has 2 N–H and O–H groups in total. The summed E-state index contributed by atoms with van der Waals surface area (Å²) in [6, 6.07) is 6.07.